The molecule has 0 bridgehead atoms. The number of thiazole rings is 1. The third-order valence-corrected chi connectivity index (χ3v) is 5.41. The Balaban J connectivity index is 1.70. The summed E-state index contributed by atoms with van der Waals surface area (Å²) < 4.78 is 0. The molecule has 5 heteroatoms. The molecule has 4 nitrogen and oxygen atoms in total. The lowest BCUT2D eigenvalue weighted by atomic mass is 10.0. The number of hydrogen-bond acceptors (Lipinski definition) is 4. The van der Waals surface area contributed by atoms with Gasteiger partial charge in [0.05, 0.1) is 18.1 Å². The van der Waals surface area contributed by atoms with E-state index in [0.717, 1.165) is 21.5 Å². The van der Waals surface area contributed by atoms with E-state index >= 15 is 0 Å². The van der Waals surface area contributed by atoms with E-state index in [4.69, 9.17) is 0 Å². The maximum atomic E-state index is 13.4. The Labute approximate surface area is 162 Å². The van der Waals surface area contributed by atoms with E-state index in [1.165, 1.54) is 0 Å². The normalized spacial score (nSPS) is 12.0. The minimum Gasteiger partial charge on any atom is -0.325 e. The summed E-state index contributed by atoms with van der Waals surface area (Å²) >= 11 is 1.56. The van der Waals surface area contributed by atoms with Gasteiger partial charge in [-0.3, -0.25) is 9.78 Å². The molecule has 1 atom stereocenters. The number of rotatable bonds is 5. The SMILES string of the molecule is CC(c1ccccc1)N(Cc1nccs1)C(=O)c1ccc2ncccc2c1. The summed E-state index contributed by atoms with van der Waals surface area (Å²) in [6, 6.07) is 19.6. The lowest BCUT2D eigenvalue weighted by Gasteiger charge is -2.29. The maximum absolute atomic E-state index is 13.4. The second-order valence-corrected chi connectivity index (χ2v) is 7.34. The van der Waals surface area contributed by atoms with Gasteiger partial charge in [0, 0.05) is 28.7 Å². The van der Waals surface area contributed by atoms with Gasteiger partial charge in [-0.1, -0.05) is 36.4 Å². The summed E-state index contributed by atoms with van der Waals surface area (Å²) in [5, 5.41) is 3.82. The number of carbonyl (C=O) groups is 1. The average molecular weight is 373 g/mol. The van der Waals surface area contributed by atoms with Crippen LogP contribution in [0.5, 0.6) is 0 Å². The van der Waals surface area contributed by atoms with Crippen LogP contribution in [-0.2, 0) is 6.54 Å². The molecule has 4 aromatic rings. The van der Waals surface area contributed by atoms with Crippen LogP contribution in [0.1, 0.15) is 33.9 Å². The summed E-state index contributed by atoms with van der Waals surface area (Å²) in [6.45, 7) is 2.54. The lowest BCUT2D eigenvalue weighted by molar-refractivity contribution is 0.0674. The minimum absolute atomic E-state index is 0.00712. The van der Waals surface area contributed by atoms with Crippen molar-refractivity contribution in [3.8, 4) is 0 Å². The zero-order chi connectivity index (χ0) is 18.6. The fraction of sp³-hybridized carbons (Fsp3) is 0.136. The van der Waals surface area contributed by atoms with Crippen molar-refractivity contribution in [1.82, 2.24) is 14.9 Å². The van der Waals surface area contributed by atoms with Crippen molar-refractivity contribution < 1.29 is 4.79 Å². The Morgan fingerprint density at radius 2 is 1.89 bits per heavy atom. The second-order valence-electron chi connectivity index (χ2n) is 6.36. The van der Waals surface area contributed by atoms with Crippen LogP contribution in [0.4, 0.5) is 0 Å². The van der Waals surface area contributed by atoms with Crippen LogP contribution >= 0.6 is 11.3 Å². The van der Waals surface area contributed by atoms with Crippen LogP contribution < -0.4 is 0 Å². The van der Waals surface area contributed by atoms with E-state index in [1.807, 2.05) is 58.8 Å². The molecule has 0 radical (unpaired) electrons. The van der Waals surface area contributed by atoms with Crippen molar-refractivity contribution in [3.63, 3.8) is 0 Å². The molecule has 0 aliphatic rings. The number of hydrogen-bond donors (Lipinski definition) is 0. The zero-order valence-corrected chi connectivity index (χ0v) is 15.8. The highest BCUT2D eigenvalue weighted by molar-refractivity contribution is 7.09. The molecule has 2 heterocycles. The maximum Gasteiger partial charge on any atom is 0.254 e. The molecule has 0 aliphatic carbocycles. The number of pyridine rings is 1. The van der Waals surface area contributed by atoms with Gasteiger partial charge < -0.3 is 4.90 Å². The fourth-order valence-electron chi connectivity index (χ4n) is 3.15. The predicted molar refractivity (Wildman–Crippen MR) is 109 cm³/mol. The smallest absolute Gasteiger partial charge is 0.254 e. The van der Waals surface area contributed by atoms with E-state index < -0.39 is 0 Å². The summed E-state index contributed by atoms with van der Waals surface area (Å²) in [5.74, 6) is -0.00712. The number of nitrogens with zero attached hydrogens (tertiary/aromatic N) is 3. The second kappa shape index (κ2) is 7.68. The van der Waals surface area contributed by atoms with Crippen molar-refractivity contribution in [1.29, 1.82) is 0 Å². The Hall–Kier alpha value is -3.05. The summed E-state index contributed by atoms with van der Waals surface area (Å²) in [4.78, 5) is 24.0. The first-order chi connectivity index (χ1) is 13.2. The van der Waals surface area contributed by atoms with Crippen molar-refractivity contribution >= 4 is 28.1 Å². The van der Waals surface area contributed by atoms with Gasteiger partial charge in [0.2, 0.25) is 0 Å². The van der Waals surface area contributed by atoms with E-state index in [9.17, 15) is 4.79 Å². The standard InChI is InChI=1S/C22H19N3OS/c1-16(17-6-3-2-4-7-17)25(15-21-24-12-13-27-21)22(26)19-9-10-20-18(14-19)8-5-11-23-20/h2-14,16H,15H2,1H3. The molecule has 4 rings (SSSR count). The zero-order valence-electron chi connectivity index (χ0n) is 14.9. The number of benzene rings is 2. The first-order valence-corrected chi connectivity index (χ1v) is 9.69. The van der Waals surface area contributed by atoms with Crippen molar-refractivity contribution in [2.24, 2.45) is 0 Å². The topological polar surface area (TPSA) is 46.1 Å². The lowest BCUT2D eigenvalue weighted by Crippen LogP contribution is -2.33. The minimum atomic E-state index is -0.0628. The number of fused-ring (bicyclic) bond motifs is 1. The van der Waals surface area contributed by atoms with Crippen LogP contribution in [-0.4, -0.2) is 20.8 Å². The molecule has 0 aliphatic heterocycles. The van der Waals surface area contributed by atoms with Gasteiger partial charge in [0.25, 0.3) is 5.91 Å². The van der Waals surface area contributed by atoms with Crippen molar-refractivity contribution in [2.75, 3.05) is 0 Å². The monoisotopic (exact) mass is 373 g/mol. The Bertz CT molecular complexity index is 1050. The highest BCUT2D eigenvalue weighted by Gasteiger charge is 2.24. The molecule has 2 aromatic heterocycles. The molecule has 0 spiro atoms. The largest absolute Gasteiger partial charge is 0.325 e. The molecular formula is C22H19N3OS. The molecule has 134 valence electrons. The molecule has 2 aromatic carbocycles. The Kier molecular flexibility index (Phi) is 4.94. The van der Waals surface area contributed by atoms with Gasteiger partial charge in [-0.15, -0.1) is 11.3 Å². The molecule has 27 heavy (non-hydrogen) atoms. The van der Waals surface area contributed by atoms with Gasteiger partial charge in [-0.05, 0) is 36.8 Å². The van der Waals surface area contributed by atoms with E-state index in [-0.39, 0.29) is 11.9 Å². The molecule has 1 amide bonds. The third kappa shape index (κ3) is 3.73. The summed E-state index contributed by atoms with van der Waals surface area (Å²) in [7, 11) is 0. The van der Waals surface area contributed by atoms with Crippen LogP contribution in [0.3, 0.4) is 0 Å². The number of aromatic nitrogens is 2. The van der Waals surface area contributed by atoms with Crippen molar-refractivity contribution in [2.45, 2.75) is 19.5 Å². The highest BCUT2D eigenvalue weighted by atomic mass is 32.1. The van der Waals surface area contributed by atoms with Gasteiger partial charge in [-0.2, -0.15) is 0 Å². The van der Waals surface area contributed by atoms with Crippen LogP contribution in [0.15, 0.2) is 78.4 Å². The third-order valence-electron chi connectivity index (χ3n) is 4.65. The fourth-order valence-corrected chi connectivity index (χ4v) is 3.76. The summed E-state index contributed by atoms with van der Waals surface area (Å²) in [6.07, 6.45) is 3.54. The first kappa shape index (κ1) is 17.4. The van der Waals surface area contributed by atoms with E-state index in [2.05, 4.69) is 29.0 Å². The molecule has 0 N–H and O–H groups in total. The number of carbonyl (C=O) groups excluding carboxylic acids is 1. The van der Waals surface area contributed by atoms with Crippen molar-refractivity contribution in [3.05, 3.63) is 94.6 Å². The first-order valence-electron chi connectivity index (χ1n) is 8.81. The molecule has 0 fully saturated rings. The Morgan fingerprint density at radius 3 is 2.67 bits per heavy atom. The Morgan fingerprint density at radius 1 is 1.04 bits per heavy atom. The van der Waals surface area contributed by atoms with Crippen LogP contribution in [0, 0.1) is 0 Å². The van der Waals surface area contributed by atoms with Gasteiger partial charge in [0.1, 0.15) is 5.01 Å². The molecular weight excluding hydrogens is 354 g/mol. The average Bonchev–Trinajstić information content (AvgIpc) is 3.24. The van der Waals surface area contributed by atoms with Crippen LogP contribution in [0.2, 0.25) is 0 Å². The predicted octanol–water partition coefficient (Wildman–Crippen LogP) is 5.09. The summed E-state index contributed by atoms with van der Waals surface area (Å²) in [5.41, 5.74) is 2.65. The quantitative estimate of drug-likeness (QED) is 0.489. The van der Waals surface area contributed by atoms with Gasteiger partial charge in [0.15, 0.2) is 0 Å². The molecule has 0 saturated carbocycles. The van der Waals surface area contributed by atoms with Gasteiger partial charge >= 0.3 is 0 Å². The van der Waals surface area contributed by atoms with Crippen LogP contribution in [0.25, 0.3) is 10.9 Å². The molecule has 1 unspecified atom stereocenters. The van der Waals surface area contributed by atoms with Gasteiger partial charge in [-0.25, -0.2) is 4.98 Å². The highest BCUT2D eigenvalue weighted by Crippen LogP contribution is 2.26. The molecule has 0 saturated heterocycles. The van der Waals surface area contributed by atoms with E-state index in [1.54, 1.807) is 23.7 Å². The number of amides is 1. The van der Waals surface area contributed by atoms with E-state index in [0.29, 0.717) is 12.1 Å².